The van der Waals surface area contributed by atoms with E-state index in [0.717, 1.165) is 0 Å². The molecular formula is C15H18Cl2N4O3. The van der Waals surface area contributed by atoms with Crippen LogP contribution in [0.25, 0.3) is 0 Å². The maximum absolute atomic E-state index is 11.0. The zero-order chi connectivity index (χ0) is 15.9. The Morgan fingerprint density at radius 3 is 2.54 bits per heavy atom. The molecule has 0 fully saturated rings. The zero-order valence-electron chi connectivity index (χ0n) is 12.9. The van der Waals surface area contributed by atoms with Crippen molar-refractivity contribution in [1.82, 2.24) is 0 Å². The average molecular weight is 373 g/mol. The fourth-order valence-electron chi connectivity index (χ4n) is 1.90. The second-order valence-electron chi connectivity index (χ2n) is 4.63. The average Bonchev–Trinajstić information content (AvgIpc) is 2.54. The third-order valence-electron chi connectivity index (χ3n) is 3.18. The number of carbonyl (C=O) groups is 1. The van der Waals surface area contributed by atoms with E-state index in [1.807, 2.05) is 35.9 Å². The van der Waals surface area contributed by atoms with E-state index >= 15 is 0 Å². The molecule has 0 aromatic carbocycles. The minimum atomic E-state index is -0.464. The number of aromatic nitrogens is 2. The van der Waals surface area contributed by atoms with Crippen molar-refractivity contribution in [2.24, 2.45) is 10.9 Å². The topological polar surface area (TPSA) is 92.7 Å². The van der Waals surface area contributed by atoms with E-state index < -0.39 is 5.91 Å². The van der Waals surface area contributed by atoms with Gasteiger partial charge in [-0.1, -0.05) is 5.16 Å². The van der Waals surface area contributed by atoms with Crippen LogP contribution in [0.5, 0.6) is 0 Å². The summed E-state index contributed by atoms with van der Waals surface area (Å²) in [5, 5.41) is 11.7. The number of primary amides is 1. The van der Waals surface area contributed by atoms with Crippen LogP contribution in [0.15, 0.2) is 54.1 Å². The summed E-state index contributed by atoms with van der Waals surface area (Å²) in [6, 6.07) is 8.79. The van der Waals surface area contributed by atoms with Crippen molar-refractivity contribution >= 4 is 12.1 Å². The van der Waals surface area contributed by atoms with E-state index in [2.05, 4.69) is 5.16 Å². The molecule has 0 radical (unpaired) electrons. The summed E-state index contributed by atoms with van der Waals surface area (Å²) in [6.07, 6.45) is 6.38. The number of pyridine rings is 2. The predicted octanol–water partition coefficient (Wildman–Crippen LogP) is -5.63. The van der Waals surface area contributed by atoms with Crippen molar-refractivity contribution in [2.45, 2.75) is 19.9 Å². The number of oxime groups is 1. The molecule has 24 heavy (non-hydrogen) atoms. The molecule has 2 aromatic rings. The number of hydrogen-bond donors (Lipinski definition) is 2. The van der Waals surface area contributed by atoms with E-state index in [1.165, 1.54) is 6.21 Å². The van der Waals surface area contributed by atoms with Crippen LogP contribution in [-0.2, 0) is 11.5 Å². The van der Waals surface area contributed by atoms with Crippen molar-refractivity contribution in [3.05, 3.63) is 60.2 Å². The van der Waals surface area contributed by atoms with E-state index in [9.17, 15) is 4.79 Å². The van der Waals surface area contributed by atoms with Crippen LogP contribution in [-0.4, -0.2) is 17.3 Å². The Hall–Kier alpha value is -2.22. The highest BCUT2D eigenvalue weighted by molar-refractivity contribution is 5.92. The summed E-state index contributed by atoms with van der Waals surface area (Å²) in [6.45, 7) is 2.17. The molecule has 0 saturated carbocycles. The number of halogens is 2. The normalized spacial score (nSPS) is 11.4. The van der Waals surface area contributed by atoms with Gasteiger partial charge in [0.25, 0.3) is 13.0 Å². The second kappa shape index (κ2) is 10.5. The number of amides is 1. The maximum Gasteiger partial charge on any atom is 0.264 e. The summed E-state index contributed by atoms with van der Waals surface area (Å²) in [5.74, 6) is -0.464. The Labute approximate surface area is 152 Å². The van der Waals surface area contributed by atoms with Gasteiger partial charge in [0.15, 0.2) is 18.6 Å². The lowest BCUT2D eigenvalue weighted by Crippen LogP contribution is -3.00. The van der Waals surface area contributed by atoms with Gasteiger partial charge in [-0.25, -0.2) is 0 Å². The number of carbonyl (C=O) groups excluding carboxylic acids is 1. The molecule has 1 amide bonds. The van der Waals surface area contributed by atoms with Gasteiger partial charge in [0.2, 0.25) is 11.6 Å². The number of rotatable bonds is 6. The molecule has 0 aliphatic carbocycles. The molecule has 1 unspecified atom stereocenters. The fourth-order valence-corrected chi connectivity index (χ4v) is 1.90. The molecule has 0 bridgehead atoms. The van der Waals surface area contributed by atoms with Gasteiger partial charge < -0.3 is 35.8 Å². The summed E-state index contributed by atoms with van der Waals surface area (Å²) in [7, 11) is 0. The van der Waals surface area contributed by atoms with Crippen LogP contribution in [0.1, 0.15) is 29.2 Å². The first-order valence-electron chi connectivity index (χ1n) is 6.70. The van der Waals surface area contributed by atoms with Crippen molar-refractivity contribution in [3.8, 4) is 0 Å². The third-order valence-corrected chi connectivity index (χ3v) is 3.18. The highest BCUT2D eigenvalue weighted by atomic mass is 35.5. The standard InChI is InChI=1S/C15H16N4O3.2ClH/c1-12(18-8-5-13(6-9-18)15(16)20)22-11-19-7-3-2-4-14(19)10-17-21;;/h2-10,12H,11H2,1H3,(H-,16,20);2*1H. The van der Waals surface area contributed by atoms with Gasteiger partial charge in [0.05, 0.1) is 5.56 Å². The molecule has 2 heterocycles. The van der Waals surface area contributed by atoms with E-state index in [0.29, 0.717) is 11.3 Å². The number of nitrogens with zero attached hydrogens (tertiary/aromatic N) is 3. The first kappa shape index (κ1) is 21.8. The van der Waals surface area contributed by atoms with Crippen LogP contribution in [0.4, 0.5) is 0 Å². The monoisotopic (exact) mass is 372 g/mol. The molecule has 0 aliphatic rings. The van der Waals surface area contributed by atoms with E-state index in [-0.39, 0.29) is 37.8 Å². The summed E-state index contributed by atoms with van der Waals surface area (Å²) in [5.41, 5.74) is 6.36. The van der Waals surface area contributed by atoms with Crippen molar-refractivity contribution in [3.63, 3.8) is 0 Å². The lowest BCUT2D eigenvalue weighted by molar-refractivity contribution is -0.805. The quantitative estimate of drug-likeness (QED) is 0.229. The van der Waals surface area contributed by atoms with Gasteiger partial charge in [-0.15, -0.1) is 0 Å². The van der Waals surface area contributed by atoms with Crippen LogP contribution < -0.4 is 39.7 Å². The molecule has 130 valence electrons. The first-order chi connectivity index (χ1) is 10.6. The largest absolute Gasteiger partial charge is 1.00 e. The van der Waals surface area contributed by atoms with Gasteiger partial charge in [0.1, 0.15) is 6.21 Å². The Morgan fingerprint density at radius 1 is 1.29 bits per heavy atom. The van der Waals surface area contributed by atoms with Crippen LogP contribution in [0.3, 0.4) is 0 Å². The minimum Gasteiger partial charge on any atom is -1.00 e. The number of nitrogens with two attached hydrogens (primary N) is 1. The molecule has 0 saturated heterocycles. The Balaban J connectivity index is 0.00000264. The van der Waals surface area contributed by atoms with Crippen LogP contribution >= 0.6 is 0 Å². The van der Waals surface area contributed by atoms with Gasteiger partial charge in [-0.05, 0) is 6.07 Å². The number of hydrogen-bond acceptors (Lipinski definition) is 4. The van der Waals surface area contributed by atoms with E-state index in [1.54, 1.807) is 29.1 Å². The molecule has 0 aliphatic heterocycles. The molecule has 9 heteroatoms. The molecular weight excluding hydrogens is 355 g/mol. The highest BCUT2D eigenvalue weighted by Crippen LogP contribution is 2.00. The summed E-state index contributed by atoms with van der Waals surface area (Å²) >= 11 is 0. The van der Waals surface area contributed by atoms with Gasteiger partial charge in [-0.2, -0.15) is 9.13 Å². The van der Waals surface area contributed by atoms with Crippen molar-refractivity contribution in [1.29, 1.82) is 0 Å². The molecule has 0 spiro atoms. The zero-order valence-corrected chi connectivity index (χ0v) is 14.4. The maximum atomic E-state index is 11.0. The summed E-state index contributed by atoms with van der Waals surface area (Å²) in [4.78, 5) is 11.0. The van der Waals surface area contributed by atoms with Crippen molar-refractivity contribution < 1.29 is 48.7 Å². The van der Waals surface area contributed by atoms with Gasteiger partial charge in [0, 0.05) is 31.2 Å². The van der Waals surface area contributed by atoms with Crippen LogP contribution in [0, 0.1) is 0 Å². The Morgan fingerprint density at radius 2 is 1.96 bits per heavy atom. The molecule has 7 nitrogen and oxygen atoms in total. The molecule has 2 rings (SSSR count). The van der Waals surface area contributed by atoms with Gasteiger partial charge in [-0.3, -0.25) is 9.53 Å². The highest BCUT2D eigenvalue weighted by Gasteiger charge is 2.16. The smallest absolute Gasteiger partial charge is 0.264 e. The minimum absolute atomic E-state index is 0. The first-order valence-corrected chi connectivity index (χ1v) is 6.70. The lowest BCUT2D eigenvalue weighted by Gasteiger charge is -2.07. The molecule has 3 N–H and O–H groups in total. The van der Waals surface area contributed by atoms with Crippen molar-refractivity contribution in [2.75, 3.05) is 0 Å². The number of ether oxygens (including phenoxy) is 1. The summed E-state index contributed by atoms with van der Waals surface area (Å²) < 4.78 is 9.38. The second-order valence-corrected chi connectivity index (χ2v) is 4.63. The Kier molecular flexibility index (Phi) is 9.56. The van der Waals surface area contributed by atoms with Gasteiger partial charge >= 0.3 is 0 Å². The molecule has 2 aromatic heterocycles. The predicted molar refractivity (Wildman–Crippen MR) is 77.0 cm³/mol. The van der Waals surface area contributed by atoms with Crippen LogP contribution in [0.2, 0.25) is 0 Å². The third kappa shape index (κ3) is 5.77. The Bertz CT molecular complexity index is 681. The van der Waals surface area contributed by atoms with E-state index in [4.69, 9.17) is 15.7 Å². The molecule has 1 atom stereocenters. The lowest BCUT2D eigenvalue weighted by atomic mass is 10.2. The SMILES string of the molecule is CC(OC[n+]1ccccc1/C=N\O)[n+]1ccc(C(N)=O)cc1.[Cl-].[Cl-]. The fraction of sp³-hybridized carbons (Fsp3) is 0.200.